The summed E-state index contributed by atoms with van der Waals surface area (Å²) in [5, 5.41) is 36.1. The molecule has 1 saturated carbocycles. The molecule has 3 N–H and O–H groups in total. The number of piperidine rings is 1. The van der Waals surface area contributed by atoms with E-state index in [9.17, 15) is 29.7 Å². The molecule has 4 unspecified atom stereocenters. The topological polar surface area (TPSA) is 174 Å². The van der Waals surface area contributed by atoms with Crippen LogP contribution in [0, 0.1) is 11.8 Å². The van der Waals surface area contributed by atoms with Gasteiger partial charge in [0.15, 0.2) is 6.29 Å². The minimum Gasteiger partial charge on any atom is -0.492 e. The van der Waals surface area contributed by atoms with E-state index in [1.54, 1.807) is 14.0 Å². The summed E-state index contributed by atoms with van der Waals surface area (Å²) in [5.41, 5.74) is 3.01. The fourth-order valence-electron chi connectivity index (χ4n) is 10.1. The molecule has 1 saturated heterocycles. The molecule has 59 heavy (non-hydrogen) atoms. The lowest BCUT2D eigenvalue weighted by Crippen LogP contribution is -2.52. The van der Waals surface area contributed by atoms with Gasteiger partial charge in [0.05, 0.1) is 48.4 Å². The standard InChI is InChI=1S/C46H56N2O11/c1-4-56-45(53)44-34(23-50)39-29-8-9-37(52)32(19-29)31-18-28-10-13-47-36(28)20-27(31)7-6-26(22-49)25-57-42-33-21-38(58-41(33)35(24-51)43(59-44)40(39)42)46(2,54)30-11-15-48(16-12-30)14-5-17-55-3/h10,18,20,23,26,30,32,38,49,51,54H,4-9,11-17,19,21-22,24-25H2,1-3H3. The molecule has 2 aromatic carbocycles. The Labute approximate surface area is 344 Å². The van der Waals surface area contributed by atoms with E-state index in [1.807, 2.05) is 13.0 Å². The van der Waals surface area contributed by atoms with Gasteiger partial charge in [0, 0.05) is 62.7 Å². The number of likely N-dealkylation sites (tertiary alicyclic amines) is 1. The number of hydrogen-bond acceptors (Lipinski definition) is 13. The highest BCUT2D eigenvalue weighted by molar-refractivity contribution is 6.11. The Kier molecular flexibility index (Phi) is 12.1. The average molecular weight is 813 g/mol. The maximum absolute atomic E-state index is 14.0. The second-order valence-electron chi connectivity index (χ2n) is 16.9. The number of carbonyl (C=O) groups excluding carboxylic acids is 3. The van der Waals surface area contributed by atoms with Crippen molar-refractivity contribution in [1.82, 2.24) is 4.90 Å². The first-order valence-electron chi connectivity index (χ1n) is 21.3. The second kappa shape index (κ2) is 17.3. The van der Waals surface area contributed by atoms with Crippen LogP contribution in [0.25, 0.3) is 11.6 Å². The van der Waals surface area contributed by atoms with Gasteiger partial charge in [-0.05, 0) is 106 Å². The number of carbonyl (C=O) groups is 3. The van der Waals surface area contributed by atoms with E-state index < -0.39 is 30.2 Å². The van der Waals surface area contributed by atoms with Crippen LogP contribution >= 0.6 is 0 Å². The summed E-state index contributed by atoms with van der Waals surface area (Å²) in [4.78, 5) is 48.1. The van der Waals surface area contributed by atoms with Crippen molar-refractivity contribution in [1.29, 1.82) is 0 Å². The van der Waals surface area contributed by atoms with Crippen molar-refractivity contribution in [2.75, 3.05) is 59.7 Å². The third-order valence-corrected chi connectivity index (χ3v) is 13.4. The zero-order valence-electron chi connectivity index (χ0n) is 34.3. The number of hydrogen-bond donors (Lipinski definition) is 3. The van der Waals surface area contributed by atoms with Crippen LogP contribution in [0.2, 0.25) is 0 Å². The zero-order chi connectivity index (χ0) is 41.4. The molecule has 2 bridgehead atoms. The molecule has 5 heterocycles. The predicted molar refractivity (Wildman–Crippen MR) is 217 cm³/mol. The van der Waals surface area contributed by atoms with Crippen molar-refractivity contribution in [2.45, 2.75) is 95.9 Å². The third kappa shape index (κ3) is 7.65. The minimum absolute atomic E-state index is 0.0253. The van der Waals surface area contributed by atoms with Crippen molar-refractivity contribution in [3.8, 4) is 17.2 Å². The molecule has 4 atom stereocenters. The number of ether oxygens (including phenoxy) is 5. The minimum atomic E-state index is -1.27. The van der Waals surface area contributed by atoms with E-state index in [2.05, 4.69) is 22.0 Å². The van der Waals surface area contributed by atoms with Crippen molar-refractivity contribution < 1.29 is 53.4 Å². The molecule has 13 nitrogen and oxygen atoms in total. The van der Waals surface area contributed by atoms with Gasteiger partial charge >= 0.3 is 5.97 Å². The number of allylic oxidation sites excluding steroid dienone is 3. The van der Waals surface area contributed by atoms with E-state index in [1.165, 1.54) is 0 Å². The molecular formula is C46H56N2O11. The maximum atomic E-state index is 14.0. The summed E-state index contributed by atoms with van der Waals surface area (Å²) in [7, 11) is 1.70. The molecule has 0 spiro atoms. The smallest absolute Gasteiger partial charge is 0.375 e. The monoisotopic (exact) mass is 812 g/mol. The summed E-state index contributed by atoms with van der Waals surface area (Å²) in [6, 6.07) is 4.13. The van der Waals surface area contributed by atoms with Crippen LogP contribution < -0.4 is 24.8 Å². The Bertz CT molecular complexity index is 2200. The Morgan fingerprint density at radius 1 is 1.08 bits per heavy atom. The average Bonchev–Trinajstić information content (AvgIpc) is 3.91. The SMILES string of the molecule is CCOC(=O)C1=C(C=O)C2=C3CCC(=O)C(C3)c3cc4c(cc3CCC(CO)COc3c5c(c(CO)c(c32)O1)OC(C(C)(O)C1CCN(CCCOC)CC1)C5)=NCC=4. The molecule has 0 amide bonds. The first-order valence-corrected chi connectivity index (χ1v) is 21.3. The summed E-state index contributed by atoms with van der Waals surface area (Å²) in [5.74, 6) is -1.28. The van der Waals surface area contributed by atoms with Crippen LogP contribution in [-0.4, -0.2) is 110 Å². The highest BCUT2D eigenvalue weighted by atomic mass is 16.6. The Morgan fingerprint density at radius 2 is 1.90 bits per heavy atom. The van der Waals surface area contributed by atoms with E-state index >= 15 is 0 Å². The molecule has 6 aliphatic rings. The predicted octanol–water partition coefficient (Wildman–Crippen LogP) is 3.03. The molecule has 0 radical (unpaired) electrons. The van der Waals surface area contributed by atoms with Crippen molar-refractivity contribution in [3.63, 3.8) is 0 Å². The number of methoxy groups -OCH3 is 1. The fraction of sp³-hybridized carbons (Fsp3) is 0.565. The quantitative estimate of drug-likeness (QED) is 0.172. The molecule has 8 rings (SSSR count). The van der Waals surface area contributed by atoms with Gasteiger partial charge in [-0.25, -0.2) is 4.79 Å². The molecule has 13 heteroatoms. The molecule has 316 valence electrons. The van der Waals surface area contributed by atoms with Gasteiger partial charge in [-0.1, -0.05) is 11.6 Å². The lowest BCUT2D eigenvalue weighted by Gasteiger charge is -2.42. The van der Waals surface area contributed by atoms with Gasteiger partial charge in [-0.3, -0.25) is 14.6 Å². The summed E-state index contributed by atoms with van der Waals surface area (Å²) in [6.07, 6.45) is 6.58. The van der Waals surface area contributed by atoms with Crippen LogP contribution in [0.4, 0.5) is 0 Å². The van der Waals surface area contributed by atoms with Crippen LogP contribution in [0.5, 0.6) is 17.2 Å². The number of benzene rings is 2. The van der Waals surface area contributed by atoms with Gasteiger partial charge in [0.1, 0.15) is 34.7 Å². The van der Waals surface area contributed by atoms with Crippen LogP contribution in [0.15, 0.2) is 34.0 Å². The Balaban J connectivity index is 1.28. The number of ketones is 1. The van der Waals surface area contributed by atoms with Crippen LogP contribution in [-0.2, 0) is 43.3 Å². The lowest BCUT2D eigenvalue weighted by atomic mass is 9.74. The van der Waals surface area contributed by atoms with E-state index in [0.717, 1.165) is 66.2 Å². The first kappa shape index (κ1) is 41.3. The normalized spacial score (nSPS) is 24.0. The highest BCUT2D eigenvalue weighted by Gasteiger charge is 2.49. The number of nitrogens with zero attached hydrogens (tertiary/aromatic N) is 2. The number of rotatable bonds is 11. The van der Waals surface area contributed by atoms with Gasteiger partial charge in [0.2, 0.25) is 5.76 Å². The Morgan fingerprint density at radius 3 is 2.63 bits per heavy atom. The van der Waals surface area contributed by atoms with Crippen molar-refractivity contribution in [3.05, 3.63) is 67.4 Å². The molecule has 2 fully saturated rings. The molecule has 5 aliphatic heterocycles. The van der Waals surface area contributed by atoms with Gasteiger partial charge < -0.3 is 43.9 Å². The third-order valence-electron chi connectivity index (χ3n) is 13.4. The van der Waals surface area contributed by atoms with E-state index in [-0.39, 0.29) is 79.3 Å². The van der Waals surface area contributed by atoms with Crippen LogP contribution in [0.3, 0.4) is 0 Å². The molecule has 0 aromatic heterocycles. The van der Waals surface area contributed by atoms with Crippen molar-refractivity contribution >= 4 is 29.7 Å². The number of fused-ring (bicyclic) bond motifs is 7. The van der Waals surface area contributed by atoms with Crippen molar-refractivity contribution in [2.24, 2.45) is 16.8 Å². The van der Waals surface area contributed by atoms with Gasteiger partial charge in [0.25, 0.3) is 0 Å². The van der Waals surface area contributed by atoms with E-state index in [4.69, 9.17) is 23.7 Å². The summed E-state index contributed by atoms with van der Waals surface area (Å²) >= 11 is 0. The fourth-order valence-corrected chi connectivity index (χ4v) is 10.1. The van der Waals surface area contributed by atoms with Crippen LogP contribution in [0.1, 0.15) is 92.5 Å². The lowest BCUT2D eigenvalue weighted by molar-refractivity contribution is -0.141. The highest BCUT2D eigenvalue weighted by Crippen LogP contribution is 2.57. The molecule has 2 aromatic rings. The molecule has 1 aliphatic carbocycles. The first-order chi connectivity index (χ1) is 28.6. The van der Waals surface area contributed by atoms with Gasteiger partial charge in [-0.15, -0.1) is 0 Å². The summed E-state index contributed by atoms with van der Waals surface area (Å²) in [6.45, 7) is 6.73. The Hall–Kier alpha value is -4.40. The molecular weight excluding hydrogens is 757 g/mol. The number of aliphatic hydroxyl groups excluding tert-OH is 2. The number of aryl methyl sites for hydroxylation is 1. The van der Waals surface area contributed by atoms with E-state index in [0.29, 0.717) is 66.9 Å². The number of aldehydes is 1. The number of aliphatic hydroxyl groups is 3. The zero-order valence-corrected chi connectivity index (χ0v) is 34.3. The maximum Gasteiger partial charge on any atom is 0.375 e. The summed E-state index contributed by atoms with van der Waals surface area (Å²) < 4.78 is 30.6. The number of esters is 1. The largest absolute Gasteiger partial charge is 0.492 e. The van der Waals surface area contributed by atoms with Gasteiger partial charge in [-0.2, -0.15) is 0 Å². The number of Topliss-reactive ketones (excluding diaryl/α,β-unsaturated/α-hetero) is 1. The second-order valence-corrected chi connectivity index (χ2v) is 16.9.